The minimum atomic E-state index is -1.05. The number of halogens is 2. The molecule has 0 saturated heterocycles. The van der Waals surface area contributed by atoms with E-state index < -0.39 is 29.7 Å². The molecule has 0 fully saturated rings. The molecule has 202 valence electrons. The molecule has 2 amide bonds. The van der Waals surface area contributed by atoms with Crippen molar-refractivity contribution >= 4 is 17.6 Å². The number of nitrogens with one attached hydrogen (secondary N) is 3. The van der Waals surface area contributed by atoms with Gasteiger partial charge < -0.3 is 21.1 Å². The Morgan fingerprint density at radius 2 is 1.61 bits per heavy atom. The van der Waals surface area contributed by atoms with Crippen molar-refractivity contribution in [3.63, 3.8) is 0 Å². The molecule has 1 heterocycles. The van der Waals surface area contributed by atoms with Gasteiger partial charge >= 0.3 is 0 Å². The van der Waals surface area contributed by atoms with Gasteiger partial charge in [-0.1, -0.05) is 37.3 Å². The van der Waals surface area contributed by atoms with E-state index in [9.17, 15) is 23.5 Å². The van der Waals surface area contributed by atoms with Crippen LogP contribution in [0, 0.1) is 18.6 Å². The highest BCUT2D eigenvalue weighted by Gasteiger charge is 2.23. The molecular weight excluding hydrogens is 490 g/mol. The van der Waals surface area contributed by atoms with E-state index in [-0.39, 0.29) is 31.7 Å². The Hall–Kier alpha value is -3.69. The standard InChI is InChI=1S/C29H34F2N4O3/c1-3-20-7-5-8-21(12-20)17-32-18-26(36)25(15-22-13-23(30)16-24(31)14-22)34-28(37)10-11-29(38)35-27-9-4-6-19(2)33-27/h4-9,12-14,16,25-26,32,36H,3,10-11,15,17-18H2,1-2H3,(H,34,37)(H,33,35,38)/t25-,26+/m0/s1. The molecule has 3 aromatic rings. The van der Waals surface area contributed by atoms with E-state index >= 15 is 0 Å². The van der Waals surface area contributed by atoms with Gasteiger partial charge in [-0.2, -0.15) is 0 Å². The molecule has 3 rings (SSSR count). The lowest BCUT2D eigenvalue weighted by Crippen LogP contribution is -2.48. The van der Waals surface area contributed by atoms with Crippen molar-refractivity contribution in [3.05, 3.63) is 94.7 Å². The number of rotatable bonds is 13. The van der Waals surface area contributed by atoms with E-state index in [1.165, 1.54) is 17.7 Å². The zero-order valence-corrected chi connectivity index (χ0v) is 21.6. The van der Waals surface area contributed by atoms with E-state index in [0.29, 0.717) is 17.9 Å². The lowest BCUT2D eigenvalue weighted by atomic mass is 10.00. The molecule has 0 unspecified atom stereocenters. The number of nitrogens with zero attached hydrogens (tertiary/aromatic N) is 1. The highest BCUT2D eigenvalue weighted by molar-refractivity contribution is 5.92. The van der Waals surface area contributed by atoms with Crippen LogP contribution in [0.1, 0.15) is 42.1 Å². The van der Waals surface area contributed by atoms with Crippen molar-refractivity contribution in [2.75, 3.05) is 11.9 Å². The molecule has 2 atom stereocenters. The number of aliphatic hydroxyl groups excluding tert-OH is 1. The largest absolute Gasteiger partial charge is 0.390 e. The Balaban J connectivity index is 1.59. The summed E-state index contributed by atoms with van der Waals surface area (Å²) in [5, 5.41) is 19.4. The molecule has 1 aromatic heterocycles. The SMILES string of the molecule is CCc1cccc(CNC[C@@H](O)[C@H](Cc2cc(F)cc(F)c2)NC(=O)CCC(=O)Nc2cccc(C)n2)c1. The summed E-state index contributed by atoms with van der Waals surface area (Å²) in [6.45, 7) is 4.52. The Labute approximate surface area is 221 Å². The van der Waals surface area contributed by atoms with Crippen LogP contribution in [0.15, 0.2) is 60.7 Å². The quantitative estimate of drug-likeness (QED) is 0.272. The summed E-state index contributed by atoms with van der Waals surface area (Å²) in [6, 6.07) is 15.6. The fourth-order valence-electron chi connectivity index (χ4n) is 4.06. The fourth-order valence-corrected chi connectivity index (χ4v) is 4.06. The third-order valence-corrected chi connectivity index (χ3v) is 6.01. The molecule has 0 aliphatic carbocycles. The first-order valence-corrected chi connectivity index (χ1v) is 12.7. The molecule has 0 aliphatic rings. The van der Waals surface area contributed by atoms with Crippen molar-refractivity contribution in [2.45, 2.75) is 58.2 Å². The van der Waals surface area contributed by atoms with Crippen LogP contribution in [0.4, 0.5) is 14.6 Å². The monoisotopic (exact) mass is 524 g/mol. The summed E-state index contributed by atoms with van der Waals surface area (Å²) in [5.74, 6) is -1.93. The van der Waals surface area contributed by atoms with Gasteiger partial charge in [0.05, 0.1) is 12.1 Å². The molecule has 0 aliphatic heterocycles. The van der Waals surface area contributed by atoms with E-state index in [1.54, 1.807) is 25.1 Å². The number of aliphatic hydroxyl groups is 1. The van der Waals surface area contributed by atoms with Crippen molar-refractivity contribution in [3.8, 4) is 0 Å². The molecule has 9 heteroatoms. The van der Waals surface area contributed by atoms with Crippen molar-refractivity contribution in [1.29, 1.82) is 0 Å². The van der Waals surface area contributed by atoms with Crippen LogP contribution in [0.25, 0.3) is 0 Å². The number of aryl methyl sites for hydroxylation is 2. The van der Waals surface area contributed by atoms with Gasteiger partial charge in [0.15, 0.2) is 0 Å². The normalized spacial score (nSPS) is 12.6. The highest BCUT2D eigenvalue weighted by Crippen LogP contribution is 2.13. The predicted octanol–water partition coefficient (Wildman–Crippen LogP) is 3.83. The minimum Gasteiger partial charge on any atom is -0.390 e. The van der Waals surface area contributed by atoms with Gasteiger partial charge in [-0.3, -0.25) is 9.59 Å². The Kier molecular flexibility index (Phi) is 10.9. The lowest BCUT2D eigenvalue weighted by molar-refractivity contribution is -0.125. The fraction of sp³-hybridized carbons (Fsp3) is 0.345. The number of amides is 2. The number of carbonyl (C=O) groups is 2. The number of anilines is 1. The molecule has 0 spiro atoms. The zero-order chi connectivity index (χ0) is 27.5. The first-order valence-electron chi connectivity index (χ1n) is 12.7. The Morgan fingerprint density at radius 1 is 0.921 bits per heavy atom. The number of carbonyl (C=O) groups excluding carboxylic acids is 2. The van der Waals surface area contributed by atoms with Gasteiger partial charge in [-0.15, -0.1) is 0 Å². The van der Waals surface area contributed by atoms with Crippen LogP contribution in [0.3, 0.4) is 0 Å². The first kappa shape index (κ1) is 28.9. The molecule has 2 aromatic carbocycles. The molecule has 7 nitrogen and oxygen atoms in total. The van der Waals surface area contributed by atoms with Gasteiger partial charge in [0, 0.05) is 37.7 Å². The number of pyridine rings is 1. The average molecular weight is 525 g/mol. The van der Waals surface area contributed by atoms with Crippen molar-refractivity contribution in [1.82, 2.24) is 15.6 Å². The summed E-state index contributed by atoms with van der Waals surface area (Å²) in [7, 11) is 0. The second-order valence-electron chi connectivity index (χ2n) is 9.24. The summed E-state index contributed by atoms with van der Waals surface area (Å²) >= 11 is 0. The molecule has 4 N–H and O–H groups in total. The van der Waals surface area contributed by atoms with Crippen LogP contribution in [0.2, 0.25) is 0 Å². The van der Waals surface area contributed by atoms with Crippen LogP contribution >= 0.6 is 0 Å². The number of hydrogen-bond donors (Lipinski definition) is 4. The smallest absolute Gasteiger partial charge is 0.226 e. The van der Waals surface area contributed by atoms with Crippen molar-refractivity contribution < 1.29 is 23.5 Å². The van der Waals surface area contributed by atoms with Gasteiger partial charge in [-0.25, -0.2) is 13.8 Å². The topological polar surface area (TPSA) is 103 Å². The molecule has 38 heavy (non-hydrogen) atoms. The average Bonchev–Trinajstić information content (AvgIpc) is 2.86. The number of hydrogen-bond acceptors (Lipinski definition) is 5. The van der Waals surface area contributed by atoms with Crippen LogP contribution < -0.4 is 16.0 Å². The van der Waals surface area contributed by atoms with E-state index in [1.807, 2.05) is 18.2 Å². The number of aromatic nitrogens is 1. The maximum atomic E-state index is 13.8. The van der Waals surface area contributed by atoms with Crippen molar-refractivity contribution in [2.24, 2.45) is 0 Å². The minimum absolute atomic E-state index is 0.00793. The Bertz CT molecular complexity index is 1220. The second-order valence-corrected chi connectivity index (χ2v) is 9.24. The van der Waals surface area contributed by atoms with E-state index in [0.717, 1.165) is 23.7 Å². The summed E-state index contributed by atoms with van der Waals surface area (Å²) in [6.07, 6.45) is -0.354. The molecular formula is C29H34F2N4O3. The maximum Gasteiger partial charge on any atom is 0.226 e. The highest BCUT2D eigenvalue weighted by atomic mass is 19.1. The third-order valence-electron chi connectivity index (χ3n) is 6.01. The van der Waals surface area contributed by atoms with Gasteiger partial charge in [-0.05, 0) is 60.7 Å². The molecule has 0 radical (unpaired) electrons. The Morgan fingerprint density at radius 3 is 2.32 bits per heavy atom. The number of benzene rings is 2. The zero-order valence-electron chi connectivity index (χ0n) is 21.6. The van der Waals surface area contributed by atoms with E-state index in [4.69, 9.17) is 0 Å². The second kappa shape index (κ2) is 14.3. The van der Waals surface area contributed by atoms with Gasteiger partial charge in [0.2, 0.25) is 11.8 Å². The lowest BCUT2D eigenvalue weighted by Gasteiger charge is -2.25. The summed E-state index contributed by atoms with van der Waals surface area (Å²) < 4.78 is 27.5. The van der Waals surface area contributed by atoms with E-state index in [2.05, 4.69) is 33.9 Å². The maximum absolute atomic E-state index is 13.8. The first-order chi connectivity index (χ1) is 18.2. The van der Waals surface area contributed by atoms with Gasteiger partial charge in [0.25, 0.3) is 0 Å². The summed E-state index contributed by atoms with van der Waals surface area (Å²) in [5.41, 5.74) is 3.30. The summed E-state index contributed by atoms with van der Waals surface area (Å²) in [4.78, 5) is 29.1. The molecule has 0 saturated carbocycles. The van der Waals surface area contributed by atoms with Gasteiger partial charge in [0.1, 0.15) is 17.5 Å². The predicted molar refractivity (Wildman–Crippen MR) is 142 cm³/mol. The van der Waals surface area contributed by atoms with Crippen LogP contribution in [0.5, 0.6) is 0 Å². The third kappa shape index (κ3) is 9.64. The van der Waals surface area contributed by atoms with Crippen LogP contribution in [-0.2, 0) is 29.0 Å². The molecule has 0 bridgehead atoms. The van der Waals surface area contributed by atoms with Crippen LogP contribution in [-0.4, -0.2) is 40.6 Å².